The molecule has 6 heteroatoms. The summed E-state index contributed by atoms with van der Waals surface area (Å²) < 4.78 is 11.0. The van der Waals surface area contributed by atoms with Gasteiger partial charge in [-0.2, -0.15) is 0 Å². The minimum absolute atomic E-state index is 0.0554. The van der Waals surface area contributed by atoms with Gasteiger partial charge in [0.2, 0.25) is 0 Å². The Morgan fingerprint density at radius 1 is 1.28 bits per heavy atom. The minimum Gasteiger partial charge on any atom is -0.444 e. The monoisotopic (exact) mass is 347 g/mol. The molecule has 25 heavy (non-hydrogen) atoms. The average molecular weight is 347 g/mol. The van der Waals surface area contributed by atoms with Crippen LogP contribution in [0.2, 0.25) is 0 Å². The molecule has 2 aliphatic heterocycles. The van der Waals surface area contributed by atoms with Crippen LogP contribution in [0.5, 0.6) is 0 Å². The maximum atomic E-state index is 12.5. The lowest BCUT2D eigenvalue weighted by molar-refractivity contribution is 0.0224. The fourth-order valence-corrected chi connectivity index (χ4v) is 3.53. The molecule has 138 valence electrons. The summed E-state index contributed by atoms with van der Waals surface area (Å²) in [6, 6.07) is 2.23. The zero-order chi connectivity index (χ0) is 18.0. The van der Waals surface area contributed by atoms with Crippen molar-refractivity contribution in [2.45, 2.75) is 52.2 Å². The molecule has 1 aromatic heterocycles. The molecular formula is C19H29N3O3. The summed E-state index contributed by atoms with van der Waals surface area (Å²) in [5.74, 6) is 1.02. The quantitative estimate of drug-likeness (QED) is 0.822. The molecule has 1 aromatic rings. The van der Waals surface area contributed by atoms with Crippen LogP contribution in [0.15, 0.2) is 12.3 Å². The Morgan fingerprint density at radius 3 is 2.64 bits per heavy atom. The van der Waals surface area contributed by atoms with Crippen LogP contribution in [0.3, 0.4) is 0 Å². The zero-order valence-corrected chi connectivity index (χ0v) is 15.7. The molecule has 2 fully saturated rings. The molecule has 2 aliphatic rings. The van der Waals surface area contributed by atoms with Crippen molar-refractivity contribution in [3.8, 4) is 0 Å². The van der Waals surface area contributed by atoms with E-state index in [1.807, 2.05) is 31.9 Å². The molecule has 1 amide bonds. The summed E-state index contributed by atoms with van der Waals surface area (Å²) in [4.78, 5) is 21.3. The van der Waals surface area contributed by atoms with E-state index in [2.05, 4.69) is 17.9 Å². The first kappa shape index (κ1) is 18.0. The predicted molar refractivity (Wildman–Crippen MR) is 96.9 cm³/mol. The minimum atomic E-state index is -0.474. The lowest BCUT2D eigenvalue weighted by Crippen LogP contribution is -2.37. The number of hydrogen-bond acceptors (Lipinski definition) is 5. The normalized spacial score (nSPS) is 21.5. The number of morpholine rings is 1. The molecule has 0 N–H and O–H groups in total. The van der Waals surface area contributed by atoms with Crippen molar-refractivity contribution >= 4 is 11.9 Å². The molecule has 1 atom stereocenters. The van der Waals surface area contributed by atoms with Crippen LogP contribution in [0.1, 0.15) is 50.8 Å². The Kier molecular flexibility index (Phi) is 5.18. The molecule has 3 rings (SSSR count). The van der Waals surface area contributed by atoms with E-state index in [1.165, 1.54) is 0 Å². The van der Waals surface area contributed by atoms with Crippen molar-refractivity contribution in [3.05, 3.63) is 23.4 Å². The lowest BCUT2D eigenvalue weighted by atomic mass is 10.0. The number of rotatable bonds is 2. The van der Waals surface area contributed by atoms with E-state index >= 15 is 0 Å². The number of aryl methyl sites for hydroxylation is 1. The van der Waals surface area contributed by atoms with Crippen LogP contribution >= 0.6 is 0 Å². The van der Waals surface area contributed by atoms with Gasteiger partial charge >= 0.3 is 6.09 Å². The van der Waals surface area contributed by atoms with Crippen molar-refractivity contribution < 1.29 is 14.3 Å². The van der Waals surface area contributed by atoms with E-state index < -0.39 is 5.60 Å². The number of ether oxygens (including phenoxy) is 2. The van der Waals surface area contributed by atoms with Crippen LogP contribution in [0, 0.1) is 6.92 Å². The number of aromatic nitrogens is 1. The summed E-state index contributed by atoms with van der Waals surface area (Å²) in [5, 5.41) is 0. The molecule has 1 unspecified atom stereocenters. The third-order valence-corrected chi connectivity index (χ3v) is 4.65. The van der Waals surface area contributed by atoms with Crippen molar-refractivity contribution in [1.82, 2.24) is 9.88 Å². The van der Waals surface area contributed by atoms with E-state index in [0.29, 0.717) is 0 Å². The number of nitrogens with zero attached hydrogens (tertiary/aromatic N) is 3. The van der Waals surface area contributed by atoms with Gasteiger partial charge in [0.15, 0.2) is 0 Å². The third kappa shape index (κ3) is 4.24. The highest BCUT2D eigenvalue weighted by atomic mass is 16.6. The Labute approximate surface area is 150 Å². The standard InChI is InChI=1S/C19H29N3O3/c1-14-12-15(13-20-17(14)21-8-10-24-11-9-21)16-6-5-7-22(16)18(23)25-19(2,3)4/h12-13,16H,5-11H2,1-4H3. The largest absolute Gasteiger partial charge is 0.444 e. The number of carbonyl (C=O) groups excluding carboxylic acids is 1. The van der Waals surface area contributed by atoms with Crippen molar-refractivity contribution in [3.63, 3.8) is 0 Å². The van der Waals surface area contributed by atoms with Gasteiger partial charge in [0, 0.05) is 25.8 Å². The van der Waals surface area contributed by atoms with Gasteiger partial charge < -0.3 is 19.3 Å². The van der Waals surface area contributed by atoms with Gasteiger partial charge in [-0.3, -0.25) is 0 Å². The smallest absolute Gasteiger partial charge is 0.410 e. The Morgan fingerprint density at radius 2 is 2.00 bits per heavy atom. The van der Waals surface area contributed by atoms with Crippen molar-refractivity contribution in [1.29, 1.82) is 0 Å². The maximum absolute atomic E-state index is 12.5. The van der Waals surface area contributed by atoms with Gasteiger partial charge in [-0.05, 0) is 57.7 Å². The summed E-state index contributed by atoms with van der Waals surface area (Å²) in [6.07, 6.45) is 3.64. The van der Waals surface area contributed by atoms with Crippen LogP contribution in [-0.2, 0) is 9.47 Å². The van der Waals surface area contributed by atoms with Crippen LogP contribution in [0.25, 0.3) is 0 Å². The van der Waals surface area contributed by atoms with Gasteiger partial charge in [0.05, 0.1) is 19.3 Å². The highest BCUT2D eigenvalue weighted by molar-refractivity contribution is 5.69. The lowest BCUT2D eigenvalue weighted by Gasteiger charge is -2.31. The van der Waals surface area contributed by atoms with Gasteiger partial charge in [-0.15, -0.1) is 0 Å². The Bertz CT molecular complexity index is 621. The second-order valence-corrected chi connectivity index (χ2v) is 7.84. The van der Waals surface area contributed by atoms with Crippen molar-refractivity contribution in [2.24, 2.45) is 0 Å². The Balaban J connectivity index is 1.76. The molecule has 0 aromatic carbocycles. The van der Waals surface area contributed by atoms with E-state index in [0.717, 1.165) is 62.6 Å². The van der Waals surface area contributed by atoms with Gasteiger partial charge in [-0.1, -0.05) is 0 Å². The number of amides is 1. The van der Waals surface area contributed by atoms with Crippen LogP contribution in [-0.4, -0.2) is 54.4 Å². The van der Waals surface area contributed by atoms with Gasteiger partial charge in [-0.25, -0.2) is 9.78 Å². The molecule has 0 radical (unpaired) electrons. The summed E-state index contributed by atoms with van der Waals surface area (Å²) >= 11 is 0. The van der Waals surface area contributed by atoms with Crippen LogP contribution in [0.4, 0.5) is 10.6 Å². The van der Waals surface area contributed by atoms with E-state index in [-0.39, 0.29) is 12.1 Å². The fraction of sp³-hybridized carbons (Fsp3) is 0.684. The number of likely N-dealkylation sites (tertiary alicyclic amines) is 1. The number of anilines is 1. The second kappa shape index (κ2) is 7.20. The SMILES string of the molecule is Cc1cc(C2CCCN2C(=O)OC(C)(C)C)cnc1N1CCOCC1. The first-order valence-corrected chi connectivity index (χ1v) is 9.14. The second-order valence-electron chi connectivity index (χ2n) is 7.84. The molecular weight excluding hydrogens is 318 g/mol. The van der Waals surface area contributed by atoms with Crippen molar-refractivity contribution in [2.75, 3.05) is 37.7 Å². The number of carbonyl (C=O) groups is 1. The van der Waals surface area contributed by atoms with Crippen LogP contribution < -0.4 is 4.90 Å². The topological polar surface area (TPSA) is 54.9 Å². The first-order valence-electron chi connectivity index (χ1n) is 9.14. The summed E-state index contributed by atoms with van der Waals surface area (Å²) in [6.45, 7) is 11.8. The highest BCUT2D eigenvalue weighted by Crippen LogP contribution is 2.34. The Hall–Kier alpha value is -1.82. The molecule has 3 heterocycles. The van der Waals surface area contributed by atoms with Gasteiger partial charge in [0.1, 0.15) is 11.4 Å². The highest BCUT2D eigenvalue weighted by Gasteiger charge is 2.33. The van der Waals surface area contributed by atoms with E-state index in [9.17, 15) is 4.79 Å². The summed E-state index contributed by atoms with van der Waals surface area (Å²) in [5.41, 5.74) is 1.77. The number of hydrogen-bond donors (Lipinski definition) is 0. The average Bonchev–Trinajstić information content (AvgIpc) is 3.04. The molecule has 0 bridgehead atoms. The van der Waals surface area contributed by atoms with E-state index in [4.69, 9.17) is 14.5 Å². The molecule has 6 nitrogen and oxygen atoms in total. The number of pyridine rings is 1. The molecule has 0 saturated carbocycles. The third-order valence-electron chi connectivity index (χ3n) is 4.65. The molecule has 0 aliphatic carbocycles. The van der Waals surface area contributed by atoms with E-state index in [1.54, 1.807) is 0 Å². The predicted octanol–water partition coefficient (Wildman–Crippen LogP) is 3.30. The van der Waals surface area contributed by atoms with Gasteiger partial charge in [0.25, 0.3) is 0 Å². The fourth-order valence-electron chi connectivity index (χ4n) is 3.53. The first-order chi connectivity index (χ1) is 11.8. The molecule has 2 saturated heterocycles. The zero-order valence-electron chi connectivity index (χ0n) is 15.7. The summed E-state index contributed by atoms with van der Waals surface area (Å²) in [7, 11) is 0. The maximum Gasteiger partial charge on any atom is 0.410 e. The molecule has 0 spiro atoms.